The molecule has 4 rings (SSSR count). The monoisotopic (exact) mass is 560 g/mol. The lowest BCUT2D eigenvalue weighted by Crippen LogP contribution is -2.42. The lowest BCUT2D eigenvalue weighted by molar-refractivity contribution is -0.149. The zero-order valence-electron chi connectivity index (χ0n) is 20.8. The first-order valence-electron chi connectivity index (χ1n) is 12.4. The summed E-state index contributed by atoms with van der Waals surface area (Å²) in [6, 6.07) is 3.04. The lowest BCUT2D eigenvalue weighted by Gasteiger charge is -2.23. The number of hydrogen-bond donors (Lipinski definition) is 4. The van der Waals surface area contributed by atoms with E-state index in [0.29, 0.717) is 4.88 Å². The third kappa shape index (κ3) is 6.63. The molecule has 14 heteroatoms. The van der Waals surface area contributed by atoms with Gasteiger partial charge in [-0.1, -0.05) is 6.07 Å². The van der Waals surface area contributed by atoms with Crippen LogP contribution in [0.3, 0.4) is 0 Å². The highest BCUT2D eigenvalue weighted by molar-refractivity contribution is 7.12. The van der Waals surface area contributed by atoms with Gasteiger partial charge in [-0.05, 0) is 30.0 Å². The van der Waals surface area contributed by atoms with Crippen LogP contribution >= 0.6 is 11.3 Å². The van der Waals surface area contributed by atoms with Gasteiger partial charge in [-0.2, -0.15) is 0 Å². The molecule has 4 amide bonds. The normalized spacial score (nSPS) is 22.5. The Kier molecular flexibility index (Phi) is 8.64. The maximum atomic E-state index is 12.9. The molecule has 2 fully saturated rings. The molecule has 2 aliphatic rings. The van der Waals surface area contributed by atoms with E-state index in [1.807, 2.05) is 0 Å². The zero-order valence-corrected chi connectivity index (χ0v) is 21.6. The molecule has 2 aromatic rings. The molecule has 4 heterocycles. The van der Waals surface area contributed by atoms with Crippen molar-refractivity contribution in [2.24, 2.45) is 0 Å². The van der Waals surface area contributed by atoms with Crippen LogP contribution < -0.4 is 10.6 Å². The van der Waals surface area contributed by atoms with Crippen molar-refractivity contribution in [2.75, 3.05) is 13.1 Å². The molecule has 0 unspecified atom stereocenters. The van der Waals surface area contributed by atoms with Crippen molar-refractivity contribution in [3.8, 4) is 0 Å². The van der Waals surface area contributed by atoms with Crippen molar-refractivity contribution >= 4 is 46.9 Å². The molecule has 4 N–H and O–H groups in total. The summed E-state index contributed by atoms with van der Waals surface area (Å²) in [6.45, 7) is 0.0279. The number of furan rings is 1. The standard InChI is InChI=1S/C25H28N4O9S/c30-20(28-12-14(10-16(28)24(34)35)26-22(32)18-4-2-8-38-18)6-1-7-21(31)29-13-15(11-17(29)25(36)37)27-23(33)19-5-3-9-39-19/h2-5,8-9,14-17H,1,6-7,10-13H2,(H,26,32)(H,27,33)(H,34,35)(H,36,37)/t14-,15-,16-,17-/m0/s1. The SMILES string of the molecule is O=C(N[C@H]1C[C@@H](C(=O)O)N(C(=O)CCCC(=O)N2C[C@@H](NC(=O)c3cccs3)C[C@H]2C(=O)O)C1)c1ccco1. The van der Waals surface area contributed by atoms with E-state index in [0.717, 1.165) is 0 Å². The minimum Gasteiger partial charge on any atom is -0.480 e. The van der Waals surface area contributed by atoms with E-state index in [9.17, 15) is 39.0 Å². The van der Waals surface area contributed by atoms with Gasteiger partial charge >= 0.3 is 11.9 Å². The topological polar surface area (TPSA) is 187 Å². The molecule has 2 aromatic heterocycles. The summed E-state index contributed by atoms with van der Waals surface area (Å²) in [5.74, 6) is -4.12. The third-order valence-corrected chi connectivity index (χ3v) is 7.62. The molecule has 0 saturated carbocycles. The van der Waals surface area contributed by atoms with Crippen LogP contribution in [0.4, 0.5) is 0 Å². The highest BCUT2D eigenvalue weighted by Gasteiger charge is 2.42. The Hall–Kier alpha value is -4.20. The summed E-state index contributed by atoms with van der Waals surface area (Å²) >= 11 is 1.25. The Bertz CT molecular complexity index is 1140. The summed E-state index contributed by atoms with van der Waals surface area (Å²) in [5, 5.41) is 26.4. The molecule has 0 aromatic carbocycles. The van der Waals surface area contributed by atoms with Crippen LogP contribution in [0.2, 0.25) is 0 Å². The quantitative estimate of drug-likeness (QED) is 0.326. The van der Waals surface area contributed by atoms with E-state index < -0.39 is 53.8 Å². The first kappa shape index (κ1) is 27.8. The first-order chi connectivity index (χ1) is 18.6. The number of nitrogens with one attached hydrogen (secondary N) is 2. The Morgan fingerprint density at radius 2 is 1.41 bits per heavy atom. The van der Waals surface area contributed by atoms with Crippen molar-refractivity contribution in [2.45, 2.75) is 56.3 Å². The lowest BCUT2D eigenvalue weighted by atomic mass is 10.1. The second-order valence-electron chi connectivity index (χ2n) is 9.42. The number of aliphatic carboxylic acids is 2. The summed E-state index contributed by atoms with van der Waals surface area (Å²) in [4.78, 5) is 76.6. The Balaban J connectivity index is 1.28. The highest BCUT2D eigenvalue weighted by Crippen LogP contribution is 2.23. The fourth-order valence-electron chi connectivity index (χ4n) is 4.91. The van der Waals surface area contributed by atoms with Crippen LogP contribution in [0.25, 0.3) is 0 Å². The fraction of sp³-hybridized carbons (Fsp3) is 0.440. The van der Waals surface area contributed by atoms with Gasteiger partial charge < -0.3 is 35.1 Å². The second kappa shape index (κ2) is 12.1. The largest absolute Gasteiger partial charge is 0.480 e. The molecule has 13 nitrogen and oxygen atoms in total. The van der Waals surface area contributed by atoms with Gasteiger partial charge in [-0.25, -0.2) is 9.59 Å². The van der Waals surface area contributed by atoms with Crippen molar-refractivity contribution in [3.63, 3.8) is 0 Å². The van der Waals surface area contributed by atoms with Gasteiger partial charge in [-0.15, -0.1) is 11.3 Å². The molecule has 0 aliphatic carbocycles. The Morgan fingerprint density at radius 1 is 0.846 bits per heavy atom. The van der Waals surface area contributed by atoms with Crippen LogP contribution in [0.15, 0.2) is 40.3 Å². The predicted octanol–water partition coefficient (Wildman–Crippen LogP) is 0.779. The average Bonchev–Trinajstić information content (AvgIpc) is 3.69. The van der Waals surface area contributed by atoms with E-state index in [-0.39, 0.29) is 56.9 Å². The van der Waals surface area contributed by atoms with Gasteiger partial charge in [0.1, 0.15) is 12.1 Å². The van der Waals surface area contributed by atoms with E-state index in [4.69, 9.17) is 4.42 Å². The smallest absolute Gasteiger partial charge is 0.326 e. The number of hydrogen-bond acceptors (Lipinski definition) is 8. The molecule has 2 saturated heterocycles. The Labute approximate surface area is 226 Å². The van der Waals surface area contributed by atoms with Gasteiger partial charge in [0.25, 0.3) is 11.8 Å². The number of likely N-dealkylation sites (tertiary alicyclic amines) is 2. The summed E-state index contributed by atoms with van der Waals surface area (Å²) in [5.41, 5.74) is 0. The molecular formula is C25H28N4O9S. The zero-order chi connectivity index (χ0) is 28.1. The maximum absolute atomic E-state index is 12.9. The van der Waals surface area contributed by atoms with E-state index >= 15 is 0 Å². The number of carboxylic acid groups (broad SMARTS) is 2. The molecule has 0 spiro atoms. The molecular weight excluding hydrogens is 532 g/mol. The molecule has 0 radical (unpaired) electrons. The molecule has 0 bridgehead atoms. The van der Waals surface area contributed by atoms with Crippen molar-refractivity contribution < 1.29 is 43.4 Å². The number of carbonyl (C=O) groups excluding carboxylic acids is 4. The molecule has 208 valence electrons. The third-order valence-electron chi connectivity index (χ3n) is 6.75. The maximum Gasteiger partial charge on any atom is 0.326 e. The van der Waals surface area contributed by atoms with Crippen LogP contribution in [0.5, 0.6) is 0 Å². The number of thiophene rings is 1. The van der Waals surface area contributed by atoms with Crippen LogP contribution in [-0.4, -0.2) is 92.8 Å². The predicted molar refractivity (Wildman–Crippen MR) is 135 cm³/mol. The molecule has 39 heavy (non-hydrogen) atoms. The van der Waals surface area contributed by atoms with Gasteiger partial charge in [0.2, 0.25) is 11.8 Å². The van der Waals surface area contributed by atoms with Crippen molar-refractivity contribution in [3.05, 3.63) is 46.5 Å². The highest BCUT2D eigenvalue weighted by atomic mass is 32.1. The minimum atomic E-state index is -1.20. The minimum absolute atomic E-state index is 0.00493. The van der Waals surface area contributed by atoms with Crippen LogP contribution in [-0.2, 0) is 19.2 Å². The molecule has 2 aliphatic heterocycles. The Morgan fingerprint density at radius 3 is 1.87 bits per heavy atom. The number of amides is 4. The van der Waals surface area contributed by atoms with E-state index in [1.165, 1.54) is 33.5 Å². The van der Waals surface area contributed by atoms with Gasteiger partial charge in [0, 0.05) is 50.9 Å². The summed E-state index contributed by atoms with van der Waals surface area (Å²) < 4.78 is 5.03. The number of carbonyl (C=O) groups is 6. The fourth-order valence-corrected chi connectivity index (χ4v) is 5.53. The second-order valence-corrected chi connectivity index (χ2v) is 10.4. The number of carboxylic acids is 2. The summed E-state index contributed by atoms with van der Waals surface area (Å²) in [6.07, 6.45) is 1.27. The average molecular weight is 561 g/mol. The van der Waals surface area contributed by atoms with Gasteiger partial charge in [0.05, 0.1) is 11.1 Å². The van der Waals surface area contributed by atoms with Crippen LogP contribution in [0.1, 0.15) is 52.3 Å². The van der Waals surface area contributed by atoms with Gasteiger partial charge in [0.15, 0.2) is 5.76 Å². The van der Waals surface area contributed by atoms with Crippen molar-refractivity contribution in [1.82, 2.24) is 20.4 Å². The number of rotatable bonds is 10. The van der Waals surface area contributed by atoms with E-state index in [1.54, 1.807) is 23.6 Å². The van der Waals surface area contributed by atoms with Crippen molar-refractivity contribution in [1.29, 1.82) is 0 Å². The first-order valence-corrected chi connectivity index (χ1v) is 13.2. The summed E-state index contributed by atoms with van der Waals surface area (Å²) in [7, 11) is 0. The van der Waals surface area contributed by atoms with E-state index in [2.05, 4.69) is 10.6 Å². The molecule has 4 atom stereocenters. The van der Waals surface area contributed by atoms with Crippen LogP contribution in [0, 0.1) is 0 Å². The number of nitrogens with zero attached hydrogens (tertiary/aromatic N) is 2. The van der Waals surface area contributed by atoms with Gasteiger partial charge in [-0.3, -0.25) is 19.2 Å².